The maximum Gasteiger partial charge on any atom is 0.330 e. The highest BCUT2D eigenvalue weighted by Gasteiger charge is 2.15. The van der Waals surface area contributed by atoms with Gasteiger partial charge in [0.05, 0.1) is 0 Å². The zero-order valence-electron chi connectivity index (χ0n) is 8.47. The predicted octanol–water partition coefficient (Wildman–Crippen LogP) is 2.83. The number of benzene rings is 1. The van der Waals surface area contributed by atoms with Gasteiger partial charge in [0, 0.05) is 11.5 Å². The van der Waals surface area contributed by atoms with Crippen molar-refractivity contribution in [2.75, 3.05) is 0 Å². The summed E-state index contributed by atoms with van der Waals surface area (Å²) in [7, 11) is 0. The van der Waals surface area contributed by atoms with Crippen LogP contribution in [-0.2, 0) is 4.79 Å². The fraction of sp³-hybridized carbons (Fsp3) is 0.154. The van der Waals surface area contributed by atoms with Crippen molar-refractivity contribution in [2.24, 2.45) is 0 Å². The van der Waals surface area contributed by atoms with Crippen LogP contribution in [0.3, 0.4) is 0 Å². The smallest absolute Gasteiger partial charge is 0.330 e. The molecule has 0 aliphatic heterocycles. The molecular weight excluding hydrogens is 188 g/mol. The highest BCUT2D eigenvalue weighted by Crippen LogP contribution is 2.31. The van der Waals surface area contributed by atoms with Crippen molar-refractivity contribution in [2.45, 2.75) is 12.8 Å². The molecule has 0 heterocycles. The van der Waals surface area contributed by atoms with Gasteiger partial charge in [0.25, 0.3) is 0 Å². The molecule has 1 atom stereocenters. The highest BCUT2D eigenvalue weighted by molar-refractivity contribution is 5.86. The Morgan fingerprint density at radius 1 is 1.40 bits per heavy atom. The molecule has 0 aromatic heterocycles. The second-order valence-corrected chi connectivity index (χ2v) is 3.67. The van der Waals surface area contributed by atoms with Crippen LogP contribution in [0.25, 0.3) is 6.08 Å². The highest BCUT2D eigenvalue weighted by atomic mass is 16.4. The molecule has 2 rings (SSSR count). The van der Waals surface area contributed by atoms with Gasteiger partial charge in [-0.15, -0.1) is 0 Å². The molecule has 0 bridgehead atoms. The Labute approximate surface area is 88.6 Å². The van der Waals surface area contributed by atoms with E-state index in [4.69, 9.17) is 5.11 Å². The average Bonchev–Trinajstić information content (AvgIpc) is 2.62. The fourth-order valence-electron chi connectivity index (χ4n) is 1.76. The van der Waals surface area contributed by atoms with E-state index in [1.165, 1.54) is 11.1 Å². The molecule has 2 nitrogen and oxygen atoms in total. The lowest BCUT2D eigenvalue weighted by Crippen LogP contribution is -1.99. The third kappa shape index (κ3) is 1.84. The van der Waals surface area contributed by atoms with Gasteiger partial charge < -0.3 is 5.11 Å². The average molecular weight is 200 g/mol. The van der Waals surface area contributed by atoms with Gasteiger partial charge in [-0.05, 0) is 18.1 Å². The number of hydrogen-bond acceptors (Lipinski definition) is 1. The molecule has 2 heteroatoms. The van der Waals surface area contributed by atoms with Crippen LogP contribution in [0, 0.1) is 0 Å². The first kappa shape index (κ1) is 9.71. The van der Waals surface area contributed by atoms with E-state index in [-0.39, 0.29) is 5.92 Å². The SMILES string of the molecule is CC(=CC1C=Cc2ccccc21)C(=O)O. The molecule has 15 heavy (non-hydrogen) atoms. The minimum Gasteiger partial charge on any atom is -0.478 e. The molecule has 1 aromatic rings. The van der Waals surface area contributed by atoms with E-state index in [1.807, 2.05) is 36.4 Å². The first-order valence-electron chi connectivity index (χ1n) is 4.87. The Balaban J connectivity index is 2.33. The van der Waals surface area contributed by atoms with E-state index < -0.39 is 5.97 Å². The van der Waals surface area contributed by atoms with Gasteiger partial charge in [0.2, 0.25) is 0 Å². The summed E-state index contributed by atoms with van der Waals surface area (Å²) in [4.78, 5) is 10.7. The topological polar surface area (TPSA) is 37.3 Å². The van der Waals surface area contributed by atoms with E-state index in [1.54, 1.807) is 13.0 Å². The number of hydrogen-bond donors (Lipinski definition) is 1. The number of carbonyl (C=O) groups is 1. The Morgan fingerprint density at radius 3 is 2.87 bits per heavy atom. The van der Waals surface area contributed by atoms with Gasteiger partial charge in [0.1, 0.15) is 0 Å². The van der Waals surface area contributed by atoms with E-state index >= 15 is 0 Å². The van der Waals surface area contributed by atoms with Crippen molar-refractivity contribution in [3.05, 3.63) is 53.1 Å². The van der Waals surface area contributed by atoms with Gasteiger partial charge in [-0.3, -0.25) is 0 Å². The lowest BCUT2D eigenvalue weighted by molar-refractivity contribution is -0.132. The van der Waals surface area contributed by atoms with Crippen molar-refractivity contribution in [3.63, 3.8) is 0 Å². The molecule has 1 aliphatic carbocycles. The quantitative estimate of drug-likeness (QED) is 0.745. The first-order chi connectivity index (χ1) is 7.18. The van der Waals surface area contributed by atoms with Crippen LogP contribution in [0.15, 0.2) is 42.0 Å². The summed E-state index contributed by atoms with van der Waals surface area (Å²) in [6.07, 6.45) is 5.84. The van der Waals surface area contributed by atoms with Crippen LogP contribution in [0.1, 0.15) is 24.0 Å². The molecule has 1 aliphatic rings. The summed E-state index contributed by atoms with van der Waals surface area (Å²) in [6.45, 7) is 1.62. The number of rotatable bonds is 2. The lowest BCUT2D eigenvalue weighted by Gasteiger charge is -2.06. The van der Waals surface area contributed by atoms with Gasteiger partial charge in [0.15, 0.2) is 0 Å². The zero-order chi connectivity index (χ0) is 10.8. The molecule has 0 radical (unpaired) electrons. The van der Waals surface area contributed by atoms with Crippen LogP contribution in [0.5, 0.6) is 0 Å². The van der Waals surface area contributed by atoms with Gasteiger partial charge in [-0.2, -0.15) is 0 Å². The van der Waals surface area contributed by atoms with Gasteiger partial charge in [-0.25, -0.2) is 4.79 Å². The van der Waals surface area contributed by atoms with E-state index in [2.05, 4.69) is 0 Å². The van der Waals surface area contributed by atoms with E-state index in [9.17, 15) is 4.79 Å². The van der Waals surface area contributed by atoms with Crippen molar-refractivity contribution in [1.29, 1.82) is 0 Å². The summed E-state index contributed by atoms with van der Waals surface area (Å²) in [5, 5.41) is 8.80. The van der Waals surface area contributed by atoms with E-state index in [0.717, 1.165) is 0 Å². The lowest BCUT2D eigenvalue weighted by atomic mass is 9.98. The predicted molar refractivity (Wildman–Crippen MR) is 59.6 cm³/mol. The van der Waals surface area contributed by atoms with Crippen molar-refractivity contribution in [1.82, 2.24) is 0 Å². The second-order valence-electron chi connectivity index (χ2n) is 3.67. The summed E-state index contributed by atoms with van der Waals surface area (Å²) in [5.74, 6) is -0.745. The summed E-state index contributed by atoms with van der Waals surface area (Å²) < 4.78 is 0. The van der Waals surface area contributed by atoms with Crippen LogP contribution < -0.4 is 0 Å². The summed E-state index contributed by atoms with van der Waals surface area (Å²) >= 11 is 0. The summed E-state index contributed by atoms with van der Waals surface area (Å²) in [6, 6.07) is 8.03. The fourth-order valence-corrected chi connectivity index (χ4v) is 1.76. The Bertz CT molecular complexity index is 455. The van der Waals surface area contributed by atoms with Crippen LogP contribution >= 0.6 is 0 Å². The largest absolute Gasteiger partial charge is 0.478 e. The monoisotopic (exact) mass is 200 g/mol. The maximum atomic E-state index is 10.7. The molecule has 1 aromatic carbocycles. The molecule has 1 N–H and O–H groups in total. The molecule has 76 valence electrons. The van der Waals surface area contributed by atoms with Gasteiger partial charge >= 0.3 is 5.97 Å². The molecular formula is C13H12O2. The molecule has 0 amide bonds. The molecule has 1 unspecified atom stereocenters. The number of fused-ring (bicyclic) bond motifs is 1. The van der Waals surface area contributed by atoms with Crippen LogP contribution in [0.4, 0.5) is 0 Å². The van der Waals surface area contributed by atoms with E-state index in [0.29, 0.717) is 5.57 Å². The first-order valence-corrected chi connectivity index (χ1v) is 4.87. The van der Waals surface area contributed by atoms with Gasteiger partial charge in [-0.1, -0.05) is 42.5 Å². The van der Waals surface area contributed by atoms with Crippen LogP contribution in [-0.4, -0.2) is 11.1 Å². The molecule has 0 spiro atoms. The van der Waals surface area contributed by atoms with Crippen LogP contribution in [0.2, 0.25) is 0 Å². The second kappa shape index (κ2) is 3.73. The van der Waals surface area contributed by atoms with Crippen molar-refractivity contribution >= 4 is 12.0 Å². The number of allylic oxidation sites excluding steroid dienone is 2. The number of carboxylic acids is 1. The number of carboxylic acid groups (broad SMARTS) is 1. The summed E-state index contributed by atoms with van der Waals surface area (Å²) in [5.41, 5.74) is 2.75. The van der Waals surface area contributed by atoms with Crippen molar-refractivity contribution < 1.29 is 9.90 Å². The zero-order valence-corrected chi connectivity index (χ0v) is 8.47. The van der Waals surface area contributed by atoms with Crippen molar-refractivity contribution in [3.8, 4) is 0 Å². The normalized spacial score (nSPS) is 19.0. The number of aliphatic carboxylic acids is 1. The third-order valence-electron chi connectivity index (χ3n) is 2.61. The molecule has 0 saturated carbocycles. The third-order valence-corrected chi connectivity index (χ3v) is 2.61. The Hall–Kier alpha value is -1.83. The Kier molecular flexibility index (Phi) is 2.42. The minimum absolute atomic E-state index is 0.109. The Morgan fingerprint density at radius 2 is 2.13 bits per heavy atom. The molecule has 0 fully saturated rings. The standard InChI is InChI=1S/C13H12O2/c1-9(13(14)15)8-11-7-6-10-4-2-3-5-12(10)11/h2-8,11H,1H3,(H,14,15). The molecule has 0 saturated heterocycles. The minimum atomic E-state index is -0.854. The maximum absolute atomic E-state index is 10.7.